The zero-order chi connectivity index (χ0) is 21.1. The van der Waals surface area contributed by atoms with E-state index in [1.807, 2.05) is 4.90 Å². The van der Waals surface area contributed by atoms with Gasteiger partial charge >= 0.3 is 0 Å². The average molecular weight is 449 g/mol. The number of nitrogens with zero attached hydrogens (tertiary/aromatic N) is 5. The second-order valence-corrected chi connectivity index (χ2v) is 9.40. The predicted molar refractivity (Wildman–Crippen MR) is 118 cm³/mol. The number of sulfonamides is 1. The molecule has 4 rings (SSSR count). The number of piperazine rings is 1. The van der Waals surface area contributed by atoms with Crippen molar-refractivity contribution in [2.24, 2.45) is 0 Å². The van der Waals surface area contributed by atoms with Crippen LogP contribution in [0.2, 0.25) is 0 Å². The van der Waals surface area contributed by atoms with E-state index in [-0.39, 0.29) is 14.5 Å². The fraction of sp³-hybridized carbons (Fsp3) is 0.263. The average Bonchev–Trinajstić information content (AvgIpc) is 3.31. The molecule has 0 aliphatic carbocycles. The number of carbonyl (C=O) groups excluding carboxylic acids is 1. The van der Waals surface area contributed by atoms with Gasteiger partial charge in [0.05, 0.1) is 16.8 Å². The third-order valence-electron chi connectivity index (χ3n) is 4.76. The highest BCUT2D eigenvalue weighted by atomic mass is 32.2. The summed E-state index contributed by atoms with van der Waals surface area (Å²) in [5, 5.41) is 6.11. The van der Waals surface area contributed by atoms with E-state index in [1.165, 1.54) is 15.6 Å². The highest BCUT2D eigenvalue weighted by molar-refractivity contribution is 7.89. The van der Waals surface area contributed by atoms with E-state index < -0.39 is 10.0 Å². The highest BCUT2D eigenvalue weighted by Gasteiger charge is 2.29. The molecule has 160 valence electrons. The van der Waals surface area contributed by atoms with Crippen molar-refractivity contribution in [1.82, 2.24) is 19.3 Å². The molecule has 3 aromatic heterocycles. The number of hydrogen-bond donors (Lipinski definition) is 1. The van der Waals surface area contributed by atoms with Crippen LogP contribution in [-0.2, 0) is 10.0 Å². The molecule has 1 N–H and O–H groups in total. The fourth-order valence-corrected chi connectivity index (χ4v) is 5.56. The van der Waals surface area contributed by atoms with Crippen molar-refractivity contribution in [3.63, 3.8) is 0 Å². The molecule has 0 radical (unpaired) electrons. The van der Waals surface area contributed by atoms with E-state index >= 15 is 0 Å². The van der Waals surface area contributed by atoms with E-state index in [4.69, 9.17) is 0 Å². The molecular weight excluding hydrogens is 424 g/mol. The lowest BCUT2D eigenvalue weighted by atomic mass is 10.3. The van der Waals surface area contributed by atoms with Crippen LogP contribution in [0.3, 0.4) is 0 Å². The van der Waals surface area contributed by atoms with Gasteiger partial charge in [0.2, 0.25) is 10.0 Å². The van der Waals surface area contributed by atoms with E-state index in [9.17, 15) is 13.2 Å². The molecule has 1 amide bonds. The van der Waals surface area contributed by atoms with Gasteiger partial charge in [-0.15, -0.1) is 0 Å². The first kappa shape index (κ1) is 20.4. The van der Waals surface area contributed by atoms with Gasteiger partial charge in [-0.1, -0.05) is 6.07 Å². The predicted octanol–water partition coefficient (Wildman–Crippen LogP) is 2.50. The van der Waals surface area contributed by atoms with Crippen LogP contribution in [0, 0.1) is 6.92 Å². The lowest BCUT2D eigenvalue weighted by Crippen LogP contribution is -2.49. The normalized spacial score (nSPS) is 15.2. The van der Waals surface area contributed by atoms with Gasteiger partial charge in [-0.2, -0.15) is 15.6 Å². The zero-order valence-electron chi connectivity index (χ0n) is 16.2. The number of amides is 1. The van der Waals surface area contributed by atoms with Crippen LogP contribution in [0.1, 0.15) is 19.0 Å². The summed E-state index contributed by atoms with van der Waals surface area (Å²) in [4.78, 5) is 27.8. The minimum atomic E-state index is -3.48. The number of aromatic nitrogens is 3. The van der Waals surface area contributed by atoms with Crippen LogP contribution < -0.4 is 10.2 Å². The van der Waals surface area contributed by atoms with Crippen molar-refractivity contribution in [2.75, 3.05) is 36.4 Å². The topological polar surface area (TPSA) is 108 Å². The molecule has 9 nitrogen and oxygen atoms in total. The number of hydrogen-bond acceptors (Lipinski definition) is 8. The Balaban J connectivity index is 0.00000181. The van der Waals surface area contributed by atoms with E-state index in [0.29, 0.717) is 48.4 Å². The van der Waals surface area contributed by atoms with Crippen molar-refractivity contribution in [1.29, 1.82) is 0 Å². The molecule has 11 heteroatoms. The number of rotatable bonds is 5. The second kappa shape index (κ2) is 8.46. The minimum absolute atomic E-state index is 0. The summed E-state index contributed by atoms with van der Waals surface area (Å²) in [5.74, 6) is 0.583. The number of carbonyl (C=O) groups is 1. The Morgan fingerprint density at radius 1 is 1.17 bits per heavy atom. The number of anilines is 2. The summed E-state index contributed by atoms with van der Waals surface area (Å²) < 4.78 is 26.8. The lowest BCUT2D eigenvalue weighted by molar-refractivity contribution is 0.102. The van der Waals surface area contributed by atoms with Gasteiger partial charge in [-0.25, -0.2) is 18.4 Å². The first-order valence-corrected chi connectivity index (χ1v) is 11.7. The molecule has 0 unspecified atom stereocenters. The van der Waals surface area contributed by atoms with Gasteiger partial charge in [0, 0.05) is 40.6 Å². The zero-order valence-corrected chi connectivity index (χ0v) is 17.9. The Kier molecular flexibility index (Phi) is 5.75. The van der Waals surface area contributed by atoms with Crippen LogP contribution >= 0.6 is 11.3 Å². The summed E-state index contributed by atoms with van der Waals surface area (Å²) in [6, 6.07) is 6.85. The smallest absolute Gasteiger partial charge is 0.277 e. The summed E-state index contributed by atoms with van der Waals surface area (Å²) >= 11 is 1.36. The van der Waals surface area contributed by atoms with Gasteiger partial charge in [-0.3, -0.25) is 9.78 Å². The molecule has 0 saturated carbocycles. The Labute approximate surface area is 181 Å². The first-order chi connectivity index (χ1) is 14.4. The molecule has 3 aromatic rings. The van der Waals surface area contributed by atoms with E-state index in [2.05, 4.69) is 20.3 Å². The molecule has 1 saturated heterocycles. The van der Waals surface area contributed by atoms with Crippen LogP contribution in [0.4, 0.5) is 11.6 Å². The fourth-order valence-electron chi connectivity index (χ4n) is 3.13. The Morgan fingerprint density at radius 2 is 1.97 bits per heavy atom. The summed E-state index contributed by atoms with van der Waals surface area (Å²) in [6.45, 7) is 3.31. The molecule has 0 spiro atoms. The van der Waals surface area contributed by atoms with Crippen molar-refractivity contribution in [3.8, 4) is 0 Å². The van der Waals surface area contributed by atoms with E-state index in [0.717, 1.165) is 0 Å². The lowest BCUT2D eigenvalue weighted by Gasteiger charge is -2.34. The highest BCUT2D eigenvalue weighted by Crippen LogP contribution is 2.22. The molecule has 1 aliphatic heterocycles. The second-order valence-electron chi connectivity index (χ2n) is 6.68. The maximum Gasteiger partial charge on any atom is 0.277 e. The summed E-state index contributed by atoms with van der Waals surface area (Å²) in [7, 11) is -3.48. The van der Waals surface area contributed by atoms with Crippen molar-refractivity contribution >= 4 is 38.9 Å². The molecular formula is C19H24N6O3S2. The third-order valence-corrected chi connectivity index (χ3v) is 7.49. The summed E-state index contributed by atoms with van der Waals surface area (Å²) in [6.07, 6.45) is 3.20. The monoisotopic (exact) mass is 448 g/mol. The molecule has 0 atom stereocenters. The third kappa shape index (κ3) is 4.18. The van der Waals surface area contributed by atoms with Crippen molar-refractivity contribution < 1.29 is 16.1 Å². The number of pyridine rings is 1. The largest absolute Gasteiger partial charge is 0.353 e. The van der Waals surface area contributed by atoms with E-state index in [1.54, 1.807) is 54.3 Å². The first-order valence-electron chi connectivity index (χ1n) is 9.28. The van der Waals surface area contributed by atoms with Gasteiger partial charge in [0.1, 0.15) is 11.6 Å². The molecule has 30 heavy (non-hydrogen) atoms. The van der Waals surface area contributed by atoms with Gasteiger partial charge in [-0.05, 0) is 30.5 Å². The standard InChI is InChI=1S/C19H20N6O3S2.2H2/c1-14-18(19(26)22-16-4-2-3-6-20-16)23-17(12-21-14)24-7-9-25(10-8-24)30(27,28)15-5-11-29-13-15;;/h2-6,11-13H,7-10H2,1H3,(H,20,22,26);2*1H. The van der Waals surface area contributed by atoms with Gasteiger partial charge in [0.25, 0.3) is 5.91 Å². The molecule has 1 aliphatic rings. The van der Waals surface area contributed by atoms with Crippen LogP contribution in [0.5, 0.6) is 0 Å². The minimum Gasteiger partial charge on any atom is -0.353 e. The number of nitrogens with one attached hydrogen (secondary N) is 1. The number of aryl methyl sites for hydroxylation is 1. The maximum atomic E-state index is 12.7. The summed E-state index contributed by atoms with van der Waals surface area (Å²) in [5.41, 5.74) is 0.720. The van der Waals surface area contributed by atoms with Gasteiger partial charge in [0.15, 0.2) is 5.69 Å². The molecule has 0 bridgehead atoms. The van der Waals surface area contributed by atoms with Crippen LogP contribution in [0.25, 0.3) is 0 Å². The molecule has 1 fully saturated rings. The van der Waals surface area contributed by atoms with Crippen LogP contribution in [0.15, 0.2) is 52.3 Å². The number of thiophene rings is 1. The Morgan fingerprint density at radius 3 is 2.63 bits per heavy atom. The molecule has 0 aromatic carbocycles. The SMILES string of the molecule is Cc1ncc(N2CCN(S(=O)(=O)c3ccsc3)CC2)nc1C(=O)Nc1ccccn1.[HH].[HH]. The van der Waals surface area contributed by atoms with Gasteiger partial charge < -0.3 is 10.2 Å². The Hall–Kier alpha value is -2.89. The quantitative estimate of drug-likeness (QED) is 0.639. The maximum absolute atomic E-state index is 12.7. The Bertz CT molecular complexity index is 1140. The molecule has 4 heterocycles. The van der Waals surface area contributed by atoms with Crippen LogP contribution in [-0.4, -0.2) is 59.8 Å². The van der Waals surface area contributed by atoms with Crippen molar-refractivity contribution in [3.05, 3.63) is 58.8 Å². The van der Waals surface area contributed by atoms with Crippen molar-refractivity contribution in [2.45, 2.75) is 11.8 Å².